The Kier molecular flexibility index (Phi) is 1.61. The van der Waals surface area contributed by atoms with Gasteiger partial charge in [0.1, 0.15) is 5.78 Å². The molecule has 58 valence electrons. The molecule has 1 aliphatic carbocycles. The van der Waals surface area contributed by atoms with E-state index < -0.39 is 0 Å². The second kappa shape index (κ2) is 2.08. The molecule has 1 nitrogen and oxygen atoms in total. The SMILES string of the molecule is CC1C(=O)CC1C(C)(C)C. The van der Waals surface area contributed by atoms with Crippen LogP contribution in [0.5, 0.6) is 0 Å². The van der Waals surface area contributed by atoms with Crippen LogP contribution in [0, 0.1) is 17.3 Å². The summed E-state index contributed by atoms with van der Waals surface area (Å²) in [5, 5.41) is 0. The fraction of sp³-hybridized carbons (Fsp3) is 0.889. The Labute approximate surface area is 62.8 Å². The monoisotopic (exact) mass is 140 g/mol. The fourth-order valence-corrected chi connectivity index (χ4v) is 1.70. The Bertz CT molecular complexity index is 153. The van der Waals surface area contributed by atoms with Crippen molar-refractivity contribution in [3.8, 4) is 0 Å². The summed E-state index contributed by atoms with van der Waals surface area (Å²) >= 11 is 0. The Morgan fingerprint density at radius 1 is 1.40 bits per heavy atom. The first-order chi connectivity index (χ1) is 4.43. The third-order valence-electron chi connectivity index (χ3n) is 2.64. The van der Waals surface area contributed by atoms with Gasteiger partial charge in [0.15, 0.2) is 0 Å². The molecule has 1 saturated carbocycles. The fourth-order valence-electron chi connectivity index (χ4n) is 1.70. The van der Waals surface area contributed by atoms with E-state index in [1.165, 1.54) is 0 Å². The van der Waals surface area contributed by atoms with Gasteiger partial charge in [-0.15, -0.1) is 0 Å². The number of carbonyl (C=O) groups is 1. The normalized spacial score (nSPS) is 33.8. The van der Waals surface area contributed by atoms with Crippen molar-refractivity contribution >= 4 is 5.78 Å². The molecular weight excluding hydrogens is 124 g/mol. The van der Waals surface area contributed by atoms with E-state index in [9.17, 15) is 4.79 Å². The van der Waals surface area contributed by atoms with E-state index in [1.807, 2.05) is 6.92 Å². The quantitative estimate of drug-likeness (QED) is 0.504. The second-order valence-electron chi connectivity index (χ2n) is 4.43. The summed E-state index contributed by atoms with van der Waals surface area (Å²) in [6.45, 7) is 8.67. The van der Waals surface area contributed by atoms with E-state index >= 15 is 0 Å². The molecular formula is C9H16O. The van der Waals surface area contributed by atoms with E-state index in [0.717, 1.165) is 6.42 Å². The van der Waals surface area contributed by atoms with Gasteiger partial charge in [0.05, 0.1) is 0 Å². The van der Waals surface area contributed by atoms with Crippen molar-refractivity contribution in [1.82, 2.24) is 0 Å². The maximum Gasteiger partial charge on any atom is 0.136 e. The third kappa shape index (κ3) is 1.09. The topological polar surface area (TPSA) is 17.1 Å². The molecule has 0 heterocycles. The summed E-state index contributed by atoms with van der Waals surface area (Å²) in [7, 11) is 0. The minimum Gasteiger partial charge on any atom is -0.299 e. The molecule has 0 bridgehead atoms. The lowest BCUT2D eigenvalue weighted by Crippen LogP contribution is -2.42. The average Bonchev–Trinajstić information content (AvgIpc) is 1.79. The van der Waals surface area contributed by atoms with Crippen LogP contribution in [0.1, 0.15) is 34.1 Å². The molecule has 0 aromatic carbocycles. The van der Waals surface area contributed by atoms with Crippen LogP contribution in [0.3, 0.4) is 0 Å². The zero-order valence-corrected chi connectivity index (χ0v) is 7.27. The molecule has 1 fully saturated rings. The lowest BCUT2D eigenvalue weighted by atomic mass is 9.61. The van der Waals surface area contributed by atoms with Gasteiger partial charge in [0, 0.05) is 12.3 Å². The summed E-state index contributed by atoms with van der Waals surface area (Å²) in [5.41, 5.74) is 0.327. The molecule has 1 rings (SSSR count). The molecule has 0 aromatic rings. The van der Waals surface area contributed by atoms with Crippen molar-refractivity contribution in [2.24, 2.45) is 17.3 Å². The van der Waals surface area contributed by atoms with Crippen molar-refractivity contribution < 1.29 is 4.79 Å². The molecule has 0 spiro atoms. The molecule has 0 aliphatic heterocycles. The number of Topliss-reactive ketones (excluding diaryl/α,β-unsaturated/α-hetero) is 1. The van der Waals surface area contributed by atoms with Crippen molar-refractivity contribution in [2.45, 2.75) is 34.1 Å². The van der Waals surface area contributed by atoms with Crippen LogP contribution in [-0.4, -0.2) is 5.78 Å². The Morgan fingerprint density at radius 2 is 1.90 bits per heavy atom. The summed E-state index contributed by atoms with van der Waals surface area (Å²) in [5.74, 6) is 1.39. The van der Waals surface area contributed by atoms with Crippen LogP contribution in [0.15, 0.2) is 0 Å². The number of ketones is 1. The number of rotatable bonds is 0. The lowest BCUT2D eigenvalue weighted by Gasteiger charge is -2.42. The molecule has 2 unspecified atom stereocenters. The van der Waals surface area contributed by atoms with Crippen LogP contribution in [0.2, 0.25) is 0 Å². The van der Waals surface area contributed by atoms with Crippen molar-refractivity contribution in [3.05, 3.63) is 0 Å². The van der Waals surface area contributed by atoms with E-state index in [0.29, 0.717) is 23.0 Å². The van der Waals surface area contributed by atoms with Crippen LogP contribution < -0.4 is 0 Å². The zero-order chi connectivity index (χ0) is 7.94. The van der Waals surface area contributed by atoms with Crippen LogP contribution in [0.4, 0.5) is 0 Å². The van der Waals surface area contributed by atoms with E-state index in [1.54, 1.807) is 0 Å². The average molecular weight is 140 g/mol. The Balaban J connectivity index is 2.56. The van der Waals surface area contributed by atoms with Gasteiger partial charge in [-0.3, -0.25) is 4.79 Å². The second-order valence-corrected chi connectivity index (χ2v) is 4.43. The van der Waals surface area contributed by atoms with Crippen LogP contribution in [-0.2, 0) is 4.79 Å². The number of hydrogen-bond acceptors (Lipinski definition) is 1. The molecule has 0 radical (unpaired) electrons. The molecule has 1 aliphatic rings. The van der Waals surface area contributed by atoms with Gasteiger partial charge in [-0.05, 0) is 11.3 Å². The summed E-state index contributed by atoms with van der Waals surface area (Å²) < 4.78 is 0. The molecule has 0 saturated heterocycles. The highest BCUT2D eigenvalue weighted by Gasteiger charge is 2.42. The summed E-state index contributed by atoms with van der Waals surface area (Å²) in [4.78, 5) is 10.9. The molecule has 2 atom stereocenters. The highest BCUT2D eigenvalue weighted by atomic mass is 16.1. The minimum absolute atomic E-state index is 0.319. The van der Waals surface area contributed by atoms with Gasteiger partial charge in [-0.25, -0.2) is 0 Å². The van der Waals surface area contributed by atoms with E-state index in [2.05, 4.69) is 20.8 Å². The minimum atomic E-state index is 0.319. The Morgan fingerprint density at radius 3 is 2.00 bits per heavy atom. The summed E-state index contributed by atoms with van der Waals surface area (Å²) in [6.07, 6.45) is 0.810. The van der Waals surface area contributed by atoms with Gasteiger partial charge in [-0.2, -0.15) is 0 Å². The Hall–Kier alpha value is -0.330. The maximum atomic E-state index is 10.9. The maximum absolute atomic E-state index is 10.9. The van der Waals surface area contributed by atoms with Crippen molar-refractivity contribution in [1.29, 1.82) is 0 Å². The number of carbonyl (C=O) groups excluding carboxylic acids is 1. The first-order valence-electron chi connectivity index (χ1n) is 3.95. The zero-order valence-electron chi connectivity index (χ0n) is 7.27. The molecule has 0 N–H and O–H groups in total. The van der Waals surface area contributed by atoms with Gasteiger partial charge in [0.2, 0.25) is 0 Å². The molecule has 0 amide bonds. The first-order valence-corrected chi connectivity index (χ1v) is 3.95. The standard InChI is InChI=1S/C9H16O/c1-6-7(5-8(6)10)9(2,3)4/h6-7H,5H2,1-4H3. The van der Waals surface area contributed by atoms with Gasteiger partial charge in [0.25, 0.3) is 0 Å². The highest BCUT2D eigenvalue weighted by Crippen LogP contribution is 2.43. The van der Waals surface area contributed by atoms with Crippen LogP contribution in [0.25, 0.3) is 0 Å². The number of hydrogen-bond donors (Lipinski definition) is 0. The predicted molar refractivity (Wildman–Crippen MR) is 41.7 cm³/mol. The van der Waals surface area contributed by atoms with Crippen molar-refractivity contribution in [2.75, 3.05) is 0 Å². The third-order valence-corrected chi connectivity index (χ3v) is 2.64. The van der Waals surface area contributed by atoms with Crippen molar-refractivity contribution in [3.63, 3.8) is 0 Å². The first kappa shape index (κ1) is 7.77. The lowest BCUT2D eigenvalue weighted by molar-refractivity contribution is -0.137. The summed E-state index contributed by atoms with van der Waals surface area (Å²) in [6, 6.07) is 0. The smallest absolute Gasteiger partial charge is 0.136 e. The molecule has 1 heteroatoms. The largest absolute Gasteiger partial charge is 0.299 e. The van der Waals surface area contributed by atoms with E-state index in [-0.39, 0.29) is 0 Å². The molecule has 0 aromatic heterocycles. The van der Waals surface area contributed by atoms with Gasteiger partial charge in [-0.1, -0.05) is 27.7 Å². The highest BCUT2D eigenvalue weighted by molar-refractivity contribution is 5.87. The predicted octanol–water partition coefficient (Wildman–Crippen LogP) is 2.26. The molecule has 10 heavy (non-hydrogen) atoms. The van der Waals surface area contributed by atoms with Gasteiger partial charge >= 0.3 is 0 Å². The van der Waals surface area contributed by atoms with Crippen LogP contribution >= 0.6 is 0 Å². The van der Waals surface area contributed by atoms with Gasteiger partial charge < -0.3 is 0 Å². The van der Waals surface area contributed by atoms with E-state index in [4.69, 9.17) is 0 Å².